The predicted octanol–water partition coefficient (Wildman–Crippen LogP) is 5.81. The lowest BCUT2D eigenvalue weighted by Gasteiger charge is -2.10. The third kappa shape index (κ3) is 4.80. The molecule has 0 unspecified atom stereocenters. The van der Waals surface area contributed by atoms with E-state index in [1.807, 2.05) is 24.3 Å². The van der Waals surface area contributed by atoms with Gasteiger partial charge in [0.2, 0.25) is 0 Å². The fourth-order valence-electron chi connectivity index (χ4n) is 3.52. The zero-order valence-electron chi connectivity index (χ0n) is 16.5. The van der Waals surface area contributed by atoms with Gasteiger partial charge in [0.1, 0.15) is 0 Å². The maximum atomic E-state index is 11.8. The van der Waals surface area contributed by atoms with Gasteiger partial charge in [-0.1, -0.05) is 69.0 Å². The Bertz CT molecular complexity index is 1020. The lowest BCUT2D eigenvalue weighted by Crippen LogP contribution is -2.04. The summed E-state index contributed by atoms with van der Waals surface area (Å²) in [6.45, 7) is 2.20. The Morgan fingerprint density at radius 3 is 2.21 bits per heavy atom. The second kappa shape index (κ2) is 9.32. The van der Waals surface area contributed by atoms with Crippen LogP contribution in [0.1, 0.15) is 65.3 Å². The quantitative estimate of drug-likeness (QED) is 0.449. The number of carbonyl (C=O) groups is 2. The summed E-state index contributed by atoms with van der Waals surface area (Å²) in [4.78, 5) is 27.8. The molecule has 2 aromatic carbocycles. The molecule has 3 aromatic rings. The number of nitrogens with zero attached hydrogens (tertiary/aromatic N) is 1. The highest BCUT2D eigenvalue weighted by Crippen LogP contribution is 2.27. The number of benzene rings is 2. The molecule has 0 saturated heterocycles. The third-order valence-electron chi connectivity index (χ3n) is 5.12. The first-order valence-corrected chi connectivity index (χ1v) is 10.0. The van der Waals surface area contributed by atoms with Gasteiger partial charge in [0.05, 0.1) is 22.3 Å². The van der Waals surface area contributed by atoms with Gasteiger partial charge >= 0.3 is 11.9 Å². The Hall–Kier alpha value is -3.21. The van der Waals surface area contributed by atoms with Gasteiger partial charge in [-0.3, -0.25) is 0 Å². The molecule has 0 saturated carbocycles. The number of aryl methyl sites for hydroxylation is 1. The van der Waals surface area contributed by atoms with Crippen LogP contribution in [0.25, 0.3) is 22.2 Å². The Morgan fingerprint density at radius 2 is 1.55 bits per heavy atom. The molecule has 0 aliphatic heterocycles. The van der Waals surface area contributed by atoms with E-state index in [0.717, 1.165) is 18.4 Å². The summed E-state index contributed by atoms with van der Waals surface area (Å²) in [7, 11) is 0. The Labute approximate surface area is 170 Å². The molecule has 0 aliphatic carbocycles. The summed E-state index contributed by atoms with van der Waals surface area (Å²) in [6.07, 6.45) is 7.16. The molecule has 0 fully saturated rings. The van der Waals surface area contributed by atoms with Crippen LogP contribution in [0.5, 0.6) is 0 Å². The van der Waals surface area contributed by atoms with Gasteiger partial charge in [0, 0.05) is 10.9 Å². The first kappa shape index (κ1) is 20.5. The van der Waals surface area contributed by atoms with Crippen LogP contribution in [0, 0.1) is 0 Å². The molecule has 0 spiro atoms. The predicted molar refractivity (Wildman–Crippen MR) is 114 cm³/mol. The van der Waals surface area contributed by atoms with Gasteiger partial charge < -0.3 is 10.2 Å². The molecule has 0 atom stereocenters. The molecule has 2 N–H and O–H groups in total. The minimum atomic E-state index is -1.13. The second-order valence-electron chi connectivity index (χ2n) is 7.23. The summed E-state index contributed by atoms with van der Waals surface area (Å²) in [5.41, 5.74) is 2.69. The lowest BCUT2D eigenvalue weighted by molar-refractivity contribution is 0.0686. The van der Waals surface area contributed by atoms with Crippen molar-refractivity contribution in [1.29, 1.82) is 0 Å². The number of carboxylic acid groups (broad SMARTS) is 2. The van der Waals surface area contributed by atoms with Gasteiger partial charge in [-0.05, 0) is 30.5 Å². The average molecular weight is 391 g/mol. The number of hydrogen-bond donors (Lipinski definition) is 2. The lowest BCUT2D eigenvalue weighted by atomic mass is 10.00. The number of para-hydroxylation sites is 1. The molecule has 29 heavy (non-hydrogen) atoms. The topological polar surface area (TPSA) is 87.5 Å². The van der Waals surface area contributed by atoms with Gasteiger partial charge in [-0.2, -0.15) is 0 Å². The third-order valence-corrected chi connectivity index (χ3v) is 5.12. The number of rotatable bonds is 9. The maximum Gasteiger partial charge on any atom is 0.337 e. The molecule has 5 heteroatoms. The van der Waals surface area contributed by atoms with E-state index in [2.05, 4.69) is 11.9 Å². The van der Waals surface area contributed by atoms with Crippen molar-refractivity contribution in [3.8, 4) is 11.3 Å². The largest absolute Gasteiger partial charge is 0.478 e. The van der Waals surface area contributed by atoms with Crippen LogP contribution in [0.2, 0.25) is 0 Å². The molecular weight excluding hydrogens is 366 g/mol. The molecule has 150 valence electrons. The van der Waals surface area contributed by atoms with Gasteiger partial charge in [-0.15, -0.1) is 0 Å². The van der Waals surface area contributed by atoms with Crippen LogP contribution >= 0.6 is 0 Å². The van der Waals surface area contributed by atoms with E-state index in [1.54, 1.807) is 6.07 Å². The fourth-order valence-corrected chi connectivity index (χ4v) is 3.52. The van der Waals surface area contributed by atoms with Crippen molar-refractivity contribution in [1.82, 2.24) is 4.98 Å². The van der Waals surface area contributed by atoms with E-state index in [0.29, 0.717) is 11.1 Å². The van der Waals surface area contributed by atoms with Crippen molar-refractivity contribution in [2.45, 2.75) is 45.4 Å². The molecule has 0 bridgehead atoms. The van der Waals surface area contributed by atoms with E-state index in [4.69, 9.17) is 0 Å². The van der Waals surface area contributed by atoms with E-state index >= 15 is 0 Å². The number of hydrogen-bond acceptors (Lipinski definition) is 3. The van der Waals surface area contributed by atoms with E-state index < -0.39 is 11.9 Å². The highest BCUT2D eigenvalue weighted by molar-refractivity contribution is 6.09. The number of carboxylic acids is 2. The number of fused-ring (bicyclic) bond motifs is 1. The number of pyridine rings is 1. The summed E-state index contributed by atoms with van der Waals surface area (Å²) in [5.74, 6) is -2.24. The Morgan fingerprint density at radius 1 is 0.862 bits per heavy atom. The normalized spacial score (nSPS) is 10.9. The highest BCUT2D eigenvalue weighted by Gasteiger charge is 2.17. The van der Waals surface area contributed by atoms with E-state index in [-0.39, 0.29) is 16.6 Å². The number of unbranched alkanes of at least 4 members (excludes halogenated alkanes) is 4. The molecule has 0 radical (unpaired) electrons. The Balaban J connectivity index is 1.92. The molecule has 0 aliphatic rings. The van der Waals surface area contributed by atoms with Gasteiger partial charge in [0.15, 0.2) is 0 Å². The second-order valence-corrected chi connectivity index (χ2v) is 7.23. The van der Waals surface area contributed by atoms with E-state index in [9.17, 15) is 19.8 Å². The zero-order chi connectivity index (χ0) is 20.8. The number of aromatic nitrogens is 1. The summed E-state index contributed by atoms with van der Waals surface area (Å²) in [5, 5.41) is 19.4. The van der Waals surface area contributed by atoms with Crippen molar-refractivity contribution in [2.24, 2.45) is 0 Å². The van der Waals surface area contributed by atoms with Crippen LogP contribution in [-0.2, 0) is 6.42 Å². The minimum absolute atomic E-state index is 0.00412. The van der Waals surface area contributed by atoms with Crippen molar-refractivity contribution >= 4 is 22.8 Å². The van der Waals surface area contributed by atoms with Gasteiger partial charge in [-0.25, -0.2) is 14.6 Å². The maximum absolute atomic E-state index is 11.8. The first-order chi connectivity index (χ1) is 14.0. The fraction of sp³-hybridized carbons (Fsp3) is 0.292. The average Bonchev–Trinajstić information content (AvgIpc) is 2.72. The van der Waals surface area contributed by atoms with Crippen LogP contribution in [0.4, 0.5) is 0 Å². The smallest absolute Gasteiger partial charge is 0.337 e. The highest BCUT2D eigenvalue weighted by atomic mass is 16.4. The first-order valence-electron chi connectivity index (χ1n) is 10.0. The summed E-state index contributed by atoms with van der Waals surface area (Å²) in [6, 6.07) is 14.0. The zero-order valence-corrected chi connectivity index (χ0v) is 16.5. The van der Waals surface area contributed by atoms with Crippen molar-refractivity contribution < 1.29 is 19.8 Å². The molecule has 3 rings (SSSR count). The number of aromatic carboxylic acids is 2. The molecule has 1 aromatic heterocycles. The van der Waals surface area contributed by atoms with Crippen molar-refractivity contribution in [2.75, 3.05) is 0 Å². The molecular formula is C24H25NO4. The molecule has 0 amide bonds. The van der Waals surface area contributed by atoms with Crippen molar-refractivity contribution in [3.63, 3.8) is 0 Å². The van der Waals surface area contributed by atoms with E-state index in [1.165, 1.54) is 49.4 Å². The standard InChI is InChI=1S/C24H25NO4/c1-2-3-4-5-6-8-16-11-13-17(14-12-16)21-15-20(24(28)29)18-9-7-10-19(23(26)27)22(18)25-21/h7,9-15H,2-6,8H2,1H3,(H,26,27)(H,28,29). The summed E-state index contributed by atoms with van der Waals surface area (Å²) >= 11 is 0. The summed E-state index contributed by atoms with van der Waals surface area (Å²) < 4.78 is 0. The van der Waals surface area contributed by atoms with Crippen LogP contribution in [0.3, 0.4) is 0 Å². The Kier molecular flexibility index (Phi) is 6.60. The van der Waals surface area contributed by atoms with Crippen LogP contribution in [-0.4, -0.2) is 27.1 Å². The molecule has 1 heterocycles. The van der Waals surface area contributed by atoms with Gasteiger partial charge in [0.25, 0.3) is 0 Å². The van der Waals surface area contributed by atoms with Crippen LogP contribution < -0.4 is 0 Å². The minimum Gasteiger partial charge on any atom is -0.478 e. The molecule has 5 nitrogen and oxygen atoms in total. The SMILES string of the molecule is CCCCCCCc1ccc(-c2cc(C(=O)O)c3cccc(C(=O)O)c3n2)cc1. The van der Waals surface area contributed by atoms with Crippen LogP contribution in [0.15, 0.2) is 48.5 Å². The van der Waals surface area contributed by atoms with Crippen molar-refractivity contribution in [3.05, 3.63) is 65.2 Å². The monoisotopic (exact) mass is 391 g/mol.